The zero-order valence-electron chi connectivity index (χ0n) is 18.6. The van der Waals surface area contributed by atoms with E-state index in [0.717, 1.165) is 16.9 Å². The van der Waals surface area contributed by atoms with Gasteiger partial charge in [0.05, 0.1) is 6.21 Å². The van der Waals surface area contributed by atoms with Crippen LogP contribution in [0.4, 0.5) is 5.69 Å². The third-order valence-electron chi connectivity index (χ3n) is 5.10. The minimum atomic E-state index is -0.539. The number of nitrogens with zero attached hydrogens (tertiary/aromatic N) is 2. The van der Waals surface area contributed by atoms with Crippen molar-refractivity contribution in [3.8, 4) is 5.75 Å². The van der Waals surface area contributed by atoms with Crippen molar-refractivity contribution in [2.24, 2.45) is 10.2 Å². The van der Waals surface area contributed by atoms with Crippen molar-refractivity contribution in [1.29, 1.82) is 0 Å². The first-order chi connectivity index (χ1) is 16.6. The van der Waals surface area contributed by atoms with Crippen LogP contribution in [0.25, 0.3) is 0 Å². The van der Waals surface area contributed by atoms with Crippen LogP contribution < -0.4 is 15.4 Å². The van der Waals surface area contributed by atoms with E-state index in [2.05, 4.69) is 39.9 Å². The second-order valence-corrected chi connectivity index (χ2v) is 8.84. The third kappa shape index (κ3) is 6.55. The zero-order chi connectivity index (χ0) is 23.8. The van der Waals surface area contributed by atoms with E-state index in [4.69, 9.17) is 4.74 Å². The molecule has 0 aliphatic carbocycles. The molecule has 1 aliphatic heterocycles. The molecule has 8 heteroatoms. The highest BCUT2D eigenvalue weighted by atomic mass is 32.2. The van der Waals surface area contributed by atoms with E-state index in [1.807, 2.05) is 54.6 Å². The van der Waals surface area contributed by atoms with Crippen molar-refractivity contribution < 1.29 is 14.3 Å². The quantitative estimate of drug-likeness (QED) is 0.372. The minimum Gasteiger partial charge on any atom is -0.489 e. The van der Waals surface area contributed by atoms with Crippen molar-refractivity contribution in [2.45, 2.75) is 25.2 Å². The molecule has 0 aromatic heterocycles. The molecule has 7 nitrogen and oxygen atoms in total. The number of hydrogen-bond donors (Lipinski definition) is 2. The van der Waals surface area contributed by atoms with Crippen molar-refractivity contribution in [3.05, 3.63) is 95.6 Å². The van der Waals surface area contributed by atoms with Crippen LogP contribution in [0.1, 0.15) is 23.1 Å². The topological polar surface area (TPSA) is 92.2 Å². The van der Waals surface area contributed by atoms with Gasteiger partial charge in [-0.15, -0.1) is 5.10 Å². The molecule has 1 heterocycles. The lowest BCUT2D eigenvalue weighted by Crippen LogP contribution is -2.28. The normalized spacial score (nSPS) is 16.6. The van der Waals surface area contributed by atoms with Crippen LogP contribution in [-0.4, -0.2) is 28.4 Å². The maximum atomic E-state index is 12.2. The predicted octanol–water partition coefficient (Wildman–Crippen LogP) is 4.52. The summed E-state index contributed by atoms with van der Waals surface area (Å²) < 4.78 is 5.85. The van der Waals surface area contributed by atoms with Crippen molar-refractivity contribution in [3.63, 3.8) is 0 Å². The molecule has 172 valence electrons. The fourth-order valence-corrected chi connectivity index (χ4v) is 4.14. The van der Waals surface area contributed by atoms with Gasteiger partial charge in [-0.1, -0.05) is 54.2 Å². The Hall–Kier alpha value is -3.91. The Balaban J connectivity index is 1.26. The average molecular weight is 473 g/mol. The Labute approximate surface area is 202 Å². The Kier molecular flexibility index (Phi) is 7.72. The van der Waals surface area contributed by atoms with Crippen LogP contribution in [0.5, 0.6) is 5.75 Å². The van der Waals surface area contributed by atoms with E-state index in [0.29, 0.717) is 17.5 Å². The SMILES string of the molecule is Cc1ccccc1COc1ccc(/C=N\N=C2\NC(=O)[C@@H](CC(=O)Nc3ccccc3)S2)cc1. The number of nitrogens with one attached hydrogen (secondary N) is 2. The number of para-hydroxylation sites is 1. The minimum absolute atomic E-state index is 0.0537. The maximum Gasteiger partial charge on any atom is 0.240 e. The molecule has 0 unspecified atom stereocenters. The Morgan fingerprint density at radius 2 is 1.79 bits per heavy atom. The molecule has 0 bridgehead atoms. The second kappa shape index (κ2) is 11.3. The standard InChI is InChI=1S/C26H24N4O3S/c1-18-7-5-6-8-20(18)17-33-22-13-11-19(12-14-22)16-27-30-26-29-25(32)23(34-26)15-24(31)28-21-9-3-2-4-10-21/h2-14,16,23H,15,17H2,1H3,(H,28,31)(H,29,30,32)/b27-16-/t23-/m1/s1. The van der Waals surface area contributed by atoms with Gasteiger partial charge in [-0.05, 0) is 60.0 Å². The van der Waals surface area contributed by atoms with Crippen LogP contribution in [0.15, 0.2) is 89.1 Å². The number of rotatable bonds is 8. The van der Waals surface area contributed by atoms with E-state index in [1.54, 1.807) is 18.3 Å². The average Bonchev–Trinajstić information content (AvgIpc) is 3.18. The predicted molar refractivity (Wildman–Crippen MR) is 136 cm³/mol. The molecule has 0 saturated carbocycles. The highest BCUT2D eigenvalue weighted by molar-refractivity contribution is 8.15. The van der Waals surface area contributed by atoms with Crippen molar-refractivity contribution in [2.75, 3.05) is 5.32 Å². The lowest BCUT2D eigenvalue weighted by molar-refractivity contribution is -0.122. The lowest BCUT2D eigenvalue weighted by Gasteiger charge is -2.08. The first-order valence-corrected chi connectivity index (χ1v) is 11.7. The van der Waals surface area contributed by atoms with Gasteiger partial charge in [0, 0.05) is 12.1 Å². The van der Waals surface area contributed by atoms with E-state index in [9.17, 15) is 9.59 Å². The number of benzene rings is 3. The summed E-state index contributed by atoms with van der Waals surface area (Å²) in [7, 11) is 0. The molecule has 0 radical (unpaired) electrons. The molecule has 3 aromatic carbocycles. The highest BCUT2D eigenvalue weighted by Crippen LogP contribution is 2.23. The molecular weight excluding hydrogens is 448 g/mol. The van der Waals surface area contributed by atoms with E-state index in [-0.39, 0.29) is 18.2 Å². The van der Waals surface area contributed by atoms with Crippen LogP contribution in [-0.2, 0) is 16.2 Å². The maximum absolute atomic E-state index is 12.2. The highest BCUT2D eigenvalue weighted by Gasteiger charge is 2.32. The molecule has 3 aromatic rings. The number of anilines is 1. The largest absolute Gasteiger partial charge is 0.489 e. The number of hydrogen-bond acceptors (Lipinski definition) is 6. The first kappa shape index (κ1) is 23.3. The number of amidine groups is 1. The molecule has 4 rings (SSSR count). The molecule has 2 N–H and O–H groups in total. The zero-order valence-corrected chi connectivity index (χ0v) is 19.4. The molecule has 2 amide bonds. The number of amides is 2. The number of ether oxygens (including phenoxy) is 1. The summed E-state index contributed by atoms with van der Waals surface area (Å²) in [6.07, 6.45) is 1.65. The molecule has 1 atom stereocenters. The monoisotopic (exact) mass is 472 g/mol. The summed E-state index contributed by atoms with van der Waals surface area (Å²) in [6.45, 7) is 2.57. The van der Waals surface area contributed by atoms with E-state index >= 15 is 0 Å². The molecule has 1 fully saturated rings. The van der Waals surface area contributed by atoms with Gasteiger partial charge in [0.2, 0.25) is 11.8 Å². The van der Waals surface area contributed by atoms with Gasteiger partial charge < -0.3 is 15.4 Å². The van der Waals surface area contributed by atoms with Gasteiger partial charge in [0.25, 0.3) is 0 Å². The van der Waals surface area contributed by atoms with Gasteiger partial charge in [-0.2, -0.15) is 5.10 Å². The van der Waals surface area contributed by atoms with Gasteiger partial charge in [-0.25, -0.2) is 0 Å². The number of carbonyl (C=O) groups excluding carboxylic acids is 2. The first-order valence-electron chi connectivity index (χ1n) is 10.8. The fourth-order valence-electron chi connectivity index (χ4n) is 3.22. The smallest absolute Gasteiger partial charge is 0.240 e. The Morgan fingerprint density at radius 3 is 2.56 bits per heavy atom. The van der Waals surface area contributed by atoms with Crippen LogP contribution >= 0.6 is 11.8 Å². The van der Waals surface area contributed by atoms with Crippen LogP contribution in [0, 0.1) is 6.92 Å². The molecule has 0 spiro atoms. The number of carbonyl (C=O) groups is 2. The van der Waals surface area contributed by atoms with Gasteiger partial charge in [0.15, 0.2) is 5.17 Å². The summed E-state index contributed by atoms with van der Waals surface area (Å²) in [5.41, 5.74) is 3.89. The van der Waals surface area contributed by atoms with Crippen LogP contribution in [0.2, 0.25) is 0 Å². The summed E-state index contributed by atoms with van der Waals surface area (Å²) in [5.74, 6) is 0.285. The molecule has 34 heavy (non-hydrogen) atoms. The second-order valence-electron chi connectivity index (χ2n) is 7.65. The summed E-state index contributed by atoms with van der Waals surface area (Å²) in [5, 5.41) is 13.4. The molecule has 1 aliphatic rings. The van der Waals surface area contributed by atoms with Gasteiger partial charge in [0.1, 0.15) is 17.6 Å². The Morgan fingerprint density at radius 1 is 1.06 bits per heavy atom. The van der Waals surface area contributed by atoms with Gasteiger partial charge >= 0.3 is 0 Å². The fraction of sp³-hybridized carbons (Fsp3) is 0.154. The van der Waals surface area contributed by atoms with Crippen LogP contribution in [0.3, 0.4) is 0 Å². The van der Waals surface area contributed by atoms with Gasteiger partial charge in [-0.3, -0.25) is 9.59 Å². The lowest BCUT2D eigenvalue weighted by atomic mass is 10.1. The van der Waals surface area contributed by atoms with E-state index < -0.39 is 5.25 Å². The summed E-state index contributed by atoms with van der Waals surface area (Å²) >= 11 is 1.20. The Bertz CT molecular complexity index is 1210. The third-order valence-corrected chi connectivity index (χ3v) is 6.17. The van der Waals surface area contributed by atoms with E-state index in [1.165, 1.54) is 17.3 Å². The molecular formula is C26H24N4O3S. The molecule has 1 saturated heterocycles. The summed E-state index contributed by atoms with van der Waals surface area (Å²) in [4.78, 5) is 24.4. The number of aryl methyl sites for hydroxylation is 1. The van der Waals surface area contributed by atoms with Crippen molar-refractivity contribution in [1.82, 2.24) is 5.32 Å². The van der Waals surface area contributed by atoms with Crippen molar-refractivity contribution >= 4 is 40.6 Å². The summed E-state index contributed by atoms with van der Waals surface area (Å²) in [6, 6.07) is 24.8. The number of thioether (sulfide) groups is 1.